The Hall–Kier alpha value is -1.56. The highest BCUT2D eigenvalue weighted by atomic mass is 14.4. The molecule has 2 aromatic rings. The van der Waals surface area contributed by atoms with Crippen molar-refractivity contribution < 1.29 is 0 Å². The molecule has 3 aliphatic carbocycles. The van der Waals surface area contributed by atoms with Gasteiger partial charge in [-0.3, -0.25) is 0 Å². The minimum atomic E-state index is 0. The summed E-state index contributed by atoms with van der Waals surface area (Å²) in [6.45, 7) is 46.2. The van der Waals surface area contributed by atoms with E-state index in [1.807, 2.05) is 0 Å². The molecule has 60 heavy (non-hydrogen) atoms. The standard InChI is InChI=1S/2C13H20.C12H24.C11H22.C10H20.CH4/c2*1-10(2)9-12-5-7-13(8-6-12)11(3)4;1-9(2)11-5-7-12(8-6-11)10(3)4;1-8(2)5-6-10-7-11(10)9(3)4;1-7(2)5-9-6-10(9)8(3)4;/h2*5-8,10-11H,9H2,1-4H3;9-12H,5-8H2,1-4H3;8-11H,5-7H2,1-4H3;7-10H,5-6H2,1-4H3;1H4. The Balaban J connectivity index is 0.000000724. The molecule has 0 spiro atoms. The first kappa shape index (κ1) is 58.4. The van der Waals surface area contributed by atoms with E-state index in [9.17, 15) is 0 Å². The van der Waals surface area contributed by atoms with Gasteiger partial charge in [0.15, 0.2) is 0 Å². The van der Waals surface area contributed by atoms with Crippen LogP contribution in [0.1, 0.15) is 238 Å². The van der Waals surface area contributed by atoms with Crippen LogP contribution in [0.2, 0.25) is 0 Å². The van der Waals surface area contributed by atoms with Gasteiger partial charge in [0.05, 0.1) is 0 Å². The molecule has 4 atom stereocenters. The number of hydrogen-bond acceptors (Lipinski definition) is 0. The van der Waals surface area contributed by atoms with E-state index in [2.05, 4.69) is 187 Å². The fourth-order valence-electron chi connectivity index (χ4n) is 9.43. The molecule has 350 valence electrons. The van der Waals surface area contributed by atoms with Gasteiger partial charge in [-0.2, -0.15) is 0 Å². The second kappa shape index (κ2) is 30.5. The molecule has 2 aromatic carbocycles. The van der Waals surface area contributed by atoms with Crippen molar-refractivity contribution in [1.82, 2.24) is 0 Å². The van der Waals surface area contributed by atoms with Crippen molar-refractivity contribution in [3.8, 4) is 0 Å². The first-order valence-corrected chi connectivity index (χ1v) is 25.7. The van der Waals surface area contributed by atoms with Gasteiger partial charge in [-0.1, -0.05) is 201 Å². The lowest BCUT2D eigenvalue weighted by Crippen LogP contribution is -2.21. The van der Waals surface area contributed by atoms with Crippen molar-refractivity contribution in [3.63, 3.8) is 0 Å². The molecule has 0 heterocycles. The lowest BCUT2D eigenvalue weighted by Gasteiger charge is -2.32. The molecule has 4 unspecified atom stereocenters. The SMILES string of the molecule is C.CC(C)C1CCC(C(C)C)CC1.CC(C)CC1CC1C(C)C.CC(C)CCC1CC1C(C)C.CC(C)Cc1ccc(C(C)C)cc1.CC(C)Cc1ccc(C(C)C)cc1. The Labute approximate surface area is 380 Å². The molecule has 0 N–H and O–H groups in total. The molecule has 0 radical (unpaired) electrons. The van der Waals surface area contributed by atoms with E-state index in [4.69, 9.17) is 0 Å². The predicted molar refractivity (Wildman–Crippen MR) is 276 cm³/mol. The maximum atomic E-state index is 2.38. The summed E-state index contributed by atoms with van der Waals surface area (Å²) >= 11 is 0. The Morgan fingerprint density at radius 1 is 0.400 bits per heavy atom. The molecule has 0 nitrogen and oxygen atoms in total. The van der Waals surface area contributed by atoms with Gasteiger partial charge in [0, 0.05) is 0 Å². The second-order valence-corrected chi connectivity index (χ2v) is 23.6. The molecule has 0 bridgehead atoms. The lowest BCUT2D eigenvalue weighted by molar-refractivity contribution is 0.189. The summed E-state index contributed by atoms with van der Waals surface area (Å²) in [4.78, 5) is 0. The first-order chi connectivity index (χ1) is 27.5. The summed E-state index contributed by atoms with van der Waals surface area (Å²) in [5.74, 6) is 14.7. The van der Waals surface area contributed by atoms with E-state index in [0.29, 0.717) is 11.8 Å². The molecule has 0 amide bonds. The van der Waals surface area contributed by atoms with Crippen molar-refractivity contribution >= 4 is 0 Å². The van der Waals surface area contributed by atoms with E-state index < -0.39 is 0 Å². The molecule has 0 heteroatoms. The maximum Gasteiger partial charge on any atom is -0.0219 e. The van der Waals surface area contributed by atoms with Crippen LogP contribution in [0.5, 0.6) is 0 Å². The molecule has 0 aliphatic heterocycles. The summed E-state index contributed by atoms with van der Waals surface area (Å²) in [6.07, 6.45) is 15.7. The smallest absolute Gasteiger partial charge is 0.0219 e. The third-order valence-corrected chi connectivity index (χ3v) is 13.8. The largest absolute Gasteiger partial charge is 0.0776 e. The molecule has 0 aromatic heterocycles. The average Bonchev–Trinajstić information content (AvgIpc) is 4.08. The highest BCUT2D eigenvalue weighted by Gasteiger charge is 2.39. The third-order valence-electron chi connectivity index (χ3n) is 13.8. The van der Waals surface area contributed by atoms with Crippen LogP contribution >= 0.6 is 0 Å². The quantitative estimate of drug-likeness (QED) is 0.168. The number of rotatable bonds is 15. The number of hydrogen-bond donors (Lipinski definition) is 0. The van der Waals surface area contributed by atoms with E-state index >= 15 is 0 Å². The van der Waals surface area contributed by atoms with Gasteiger partial charge < -0.3 is 0 Å². The molecular formula is C60H110. The second-order valence-electron chi connectivity index (χ2n) is 23.6. The van der Waals surface area contributed by atoms with E-state index in [1.165, 1.54) is 92.9 Å². The minimum absolute atomic E-state index is 0. The monoisotopic (exact) mass is 831 g/mol. The molecule has 3 aliphatic rings. The van der Waals surface area contributed by atoms with Crippen molar-refractivity contribution in [1.29, 1.82) is 0 Å². The highest BCUT2D eigenvalue weighted by Crippen LogP contribution is 2.48. The van der Waals surface area contributed by atoms with Crippen LogP contribution in [0.4, 0.5) is 0 Å². The van der Waals surface area contributed by atoms with Crippen LogP contribution in [-0.4, -0.2) is 0 Å². The molecule has 3 saturated carbocycles. The normalized spacial score (nSPS) is 22.0. The summed E-state index contributed by atoms with van der Waals surface area (Å²) in [6, 6.07) is 18.0. The number of benzene rings is 2. The van der Waals surface area contributed by atoms with Crippen LogP contribution in [0, 0.1) is 82.9 Å². The van der Waals surface area contributed by atoms with Crippen molar-refractivity contribution in [2.75, 3.05) is 0 Å². The fourth-order valence-corrected chi connectivity index (χ4v) is 9.43. The van der Waals surface area contributed by atoms with Crippen LogP contribution in [0.15, 0.2) is 48.5 Å². The van der Waals surface area contributed by atoms with Gasteiger partial charge >= 0.3 is 0 Å². The van der Waals surface area contributed by atoms with E-state index in [0.717, 1.165) is 82.9 Å². The van der Waals surface area contributed by atoms with Gasteiger partial charge in [-0.05, 0) is 181 Å². The van der Waals surface area contributed by atoms with Crippen molar-refractivity contribution in [2.24, 2.45) is 82.9 Å². The minimum Gasteiger partial charge on any atom is -0.0776 e. The van der Waals surface area contributed by atoms with Gasteiger partial charge in [-0.25, -0.2) is 0 Å². The average molecular weight is 832 g/mol. The van der Waals surface area contributed by atoms with Gasteiger partial charge in [-0.15, -0.1) is 0 Å². The summed E-state index contributed by atoms with van der Waals surface area (Å²) in [5, 5.41) is 0. The zero-order valence-electron chi connectivity index (χ0n) is 43.6. The van der Waals surface area contributed by atoms with Gasteiger partial charge in [0.25, 0.3) is 0 Å². The van der Waals surface area contributed by atoms with Crippen LogP contribution in [0.3, 0.4) is 0 Å². The van der Waals surface area contributed by atoms with Gasteiger partial charge in [0.2, 0.25) is 0 Å². The maximum absolute atomic E-state index is 2.38. The third kappa shape index (κ3) is 26.2. The summed E-state index contributed by atoms with van der Waals surface area (Å²) in [7, 11) is 0. The fraction of sp³-hybridized carbons (Fsp3) is 0.800. The topological polar surface area (TPSA) is 0 Å². The Morgan fingerprint density at radius 2 is 0.733 bits per heavy atom. The van der Waals surface area contributed by atoms with E-state index in [-0.39, 0.29) is 7.43 Å². The predicted octanol–water partition coefficient (Wildman–Crippen LogP) is 19.8. The Morgan fingerprint density at radius 3 is 0.967 bits per heavy atom. The zero-order valence-corrected chi connectivity index (χ0v) is 43.6. The highest BCUT2D eigenvalue weighted by molar-refractivity contribution is 5.25. The van der Waals surface area contributed by atoms with Gasteiger partial charge in [0.1, 0.15) is 0 Å². The van der Waals surface area contributed by atoms with Crippen molar-refractivity contribution in [2.45, 2.75) is 228 Å². The Kier molecular flexibility index (Phi) is 29.7. The lowest BCUT2D eigenvalue weighted by atomic mass is 9.73. The van der Waals surface area contributed by atoms with E-state index in [1.54, 1.807) is 0 Å². The summed E-state index contributed by atoms with van der Waals surface area (Å²) < 4.78 is 0. The molecular weight excluding hydrogens is 721 g/mol. The van der Waals surface area contributed by atoms with Crippen LogP contribution < -0.4 is 0 Å². The zero-order chi connectivity index (χ0) is 45.0. The molecule has 0 saturated heterocycles. The molecule has 3 fully saturated rings. The Bertz CT molecular complexity index is 1200. The first-order valence-electron chi connectivity index (χ1n) is 25.7. The van der Waals surface area contributed by atoms with Crippen molar-refractivity contribution in [3.05, 3.63) is 70.8 Å². The van der Waals surface area contributed by atoms with Crippen LogP contribution in [0.25, 0.3) is 0 Å². The van der Waals surface area contributed by atoms with Crippen LogP contribution in [-0.2, 0) is 12.8 Å². The molecule has 5 rings (SSSR count). The summed E-state index contributed by atoms with van der Waals surface area (Å²) in [5.41, 5.74) is 5.79.